The summed E-state index contributed by atoms with van der Waals surface area (Å²) >= 11 is 5.99. The van der Waals surface area contributed by atoms with Gasteiger partial charge in [-0.15, -0.1) is 0 Å². The molecule has 148 valence electrons. The van der Waals surface area contributed by atoms with E-state index in [1.807, 2.05) is 52.4 Å². The first kappa shape index (κ1) is 20.3. The molecule has 3 rings (SSSR count). The van der Waals surface area contributed by atoms with Gasteiger partial charge in [0.2, 0.25) is 11.8 Å². The molecule has 2 heterocycles. The molecule has 0 N–H and O–H groups in total. The fourth-order valence-corrected chi connectivity index (χ4v) is 3.67. The number of aryl methyl sites for hydroxylation is 2. The van der Waals surface area contributed by atoms with Gasteiger partial charge in [-0.25, -0.2) is 0 Å². The summed E-state index contributed by atoms with van der Waals surface area (Å²) in [5, 5.41) is 0.695. The minimum atomic E-state index is 0.142. The first-order valence-corrected chi connectivity index (χ1v) is 10.2. The second-order valence-electron chi connectivity index (χ2n) is 7.11. The van der Waals surface area contributed by atoms with E-state index in [2.05, 4.69) is 4.98 Å². The van der Waals surface area contributed by atoms with Crippen molar-refractivity contribution in [3.05, 3.63) is 64.9 Å². The lowest BCUT2D eigenvalue weighted by molar-refractivity contribution is -0.139. The Kier molecular flexibility index (Phi) is 7.43. The van der Waals surface area contributed by atoms with Crippen LogP contribution >= 0.6 is 11.6 Å². The molecule has 0 saturated carbocycles. The molecule has 2 aromatic rings. The molecule has 1 aliphatic heterocycles. The number of amides is 2. The molecule has 5 nitrogen and oxygen atoms in total. The minimum Gasteiger partial charge on any atom is -0.339 e. The van der Waals surface area contributed by atoms with Gasteiger partial charge in [0.05, 0.1) is 0 Å². The molecular weight excluding hydrogens is 374 g/mol. The summed E-state index contributed by atoms with van der Waals surface area (Å²) in [5.41, 5.74) is 2.23. The van der Waals surface area contributed by atoms with Crippen LogP contribution in [-0.4, -0.2) is 52.8 Å². The normalized spacial score (nSPS) is 14.2. The predicted molar refractivity (Wildman–Crippen MR) is 110 cm³/mol. The van der Waals surface area contributed by atoms with Gasteiger partial charge in [-0.1, -0.05) is 29.8 Å². The lowest BCUT2D eigenvalue weighted by Crippen LogP contribution is -2.50. The van der Waals surface area contributed by atoms with Crippen molar-refractivity contribution in [3.63, 3.8) is 0 Å². The van der Waals surface area contributed by atoms with Gasteiger partial charge >= 0.3 is 0 Å². The van der Waals surface area contributed by atoms with Crippen molar-refractivity contribution in [1.29, 1.82) is 0 Å². The van der Waals surface area contributed by atoms with E-state index < -0.39 is 0 Å². The lowest BCUT2D eigenvalue weighted by Gasteiger charge is -2.35. The third-order valence-corrected chi connectivity index (χ3v) is 5.32. The van der Waals surface area contributed by atoms with Gasteiger partial charge in [-0.05, 0) is 48.6 Å². The summed E-state index contributed by atoms with van der Waals surface area (Å²) in [6.07, 6.45) is 6.98. The Bertz CT molecular complexity index is 789. The van der Waals surface area contributed by atoms with Crippen LogP contribution in [0.1, 0.15) is 30.4 Å². The van der Waals surface area contributed by atoms with Crippen molar-refractivity contribution >= 4 is 23.4 Å². The van der Waals surface area contributed by atoms with Gasteiger partial charge in [-0.3, -0.25) is 14.6 Å². The molecule has 0 atom stereocenters. The predicted octanol–water partition coefficient (Wildman–Crippen LogP) is 3.36. The van der Waals surface area contributed by atoms with E-state index >= 15 is 0 Å². The molecule has 1 saturated heterocycles. The fourth-order valence-electron chi connectivity index (χ4n) is 3.45. The summed E-state index contributed by atoms with van der Waals surface area (Å²) < 4.78 is 0. The van der Waals surface area contributed by atoms with Crippen LogP contribution in [0.2, 0.25) is 5.02 Å². The van der Waals surface area contributed by atoms with Gasteiger partial charge in [0.15, 0.2) is 0 Å². The molecular formula is C22H26ClN3O2. The van der Waals surface area contributed by atoms with Crippen molar-refractivity contribution in [2.45, 2.75) is 32.1 Å². The Morgan fingerprint density at radius 2 is 1.57 bits per heavy atom. The Labute approximate surface area is 171 Å². The number of carbonyl (C=O) groups excluding carboxylic acids is 2. The standard InChI is InChI=1S/C22H26ClN3O2/c23-20-7-1-4-18(16-20)9-10-22(28)26-14-12-25(13-15-26)21(27)8-2-5-19-6-3-11-24-17-19/h1,3-4,6-7,11,16-17H,2,5,8-10,12-15H2. The molecule has 0 spiro atoms. The van der Waals surface area contributed by atoms with E-state index in [-0.39, 0.29) is 11.8 Å². The molecule has 1 aromatic carbocycles. The van der Waals surface area contributed by atoms with Crippen molar-refractivity contribution in [1.82, 2.24) is 14.8 Å². The zero-order valence-electron chi connectivity index (χ0n) is 16.0. The number of carbonyl (C=O) groups is 2. The van der Waals surface area contributed by atoms with Crippen LogP contribution in [0.25, 0.3) is 0 Å². The molecule has 2 amide bonds. The smallest absolute Gasteiger partial charge is 0.223 e. The second kappa shape index (κ2) is 10.2. The number of aromatic nitrogens is 1. The van der Waals surface area contributed by atoms with E-state index in [4.69, 9.17) is 11.6 Å². The van der Waals surface area contributed by atoms with E-state index in [0.717, 1.165) is 24.0 Å². The monoisotopic (exact) mass is 399 g/mol. The largest absolute Gasteiger partial charge is 0.339 e. The van der Waals surface area contributed by atoms with Crippen molar-refractivity contribution in [2.75, 3.05) is 26.2 Å². The quantitative estimate of drug-likeness (QED) is 0.717. The molecule has 0 aliphatic carbocycles. The minimum absolute atomic E-state index is 0.142. The fraction of sp³-hybridized carbons (Fsp3) is 0.409. The first-order chi connectivity index (χ1) is 13.6. The highest BCUT2D eigenvalue weighted by atomic mass is 35.5. The van der Waals surface area contributed by atoms with Crippen LogP contribution in [0.3, 0.4) is 0 Å². The van der Waals surface area contributed by atoms with Crippen molar-refractivity contribution in [2.24, 2.45) is 0 Å². The van der Waals surface area contributed by atoms with Crippen LogP contribution in [-0.2, 0) is 22.4 Å². The molecule has 28 heavy (non-hydrogen) atoms. The summed E-state index contributed by atoms with van der Waals surface area (Å²) in [5.74, 6) is 0.318. The maximum atomic E-state index is 12.4. The molecule has 1 aliphatic rings. The van der Waals surface area contributed by atoms with Crippen LogP contribution < -0.4 is 0 Å². The van der Waals surface area contributed by atoms with Gasteiger partial charge in [0.25, 0.3) is 0 Å². The van der Waals surface area contributed by atoms with Crippen LogP contribution in [0.15, 0.2) is 48.8 Å². The maximum Gasteiger partial charge on any atom is 0.223 e. The van der Waals surface area contributed by atoms with E-state index in [9.17, 15) is 9.59 Å². The van der Waals surface area contributed by atoms with Crippen LogP contribution in [0.4, 0.5) is 0 Å². The number of benzene rings is 1. The zero-order chi connectivity index (χ0) is 19.8. The molecule has 1 fully saturated rings. The number of rotatable bonds is 7. The Morgan fingerprint density at radius 3 is 2.21 bits per heavy atom. The summed E-state index contributed by atoms with van der Waals surface area (Å²) in [6.45, 7) is 2.47. The van der Waals surface area contributed by atoms with E-state index in [0.29, 0.717) is 50.5 Å². The number of pyridine rings is 1. The van der Waals surface area contributed by atoms with Gasteiger partial charge < -0.3 is 9.80 Å². The Balaban J connectivity index is 1.36. The van der Waals surface area contributed by atoms with Crippen molar-refractivity contribution in [3.8, 4) is 0 Å². The number of piperazine rings is 1. The average molecular weight is 400 g/mol. The SMILES string of the molecule is O=C(CCCc1cccnc1)N1CCN(C(=O)CCc2cccc(Cl)c2)CC1. The van der Waals surface area contributed by atoms with Crippen LogP contribution in [0, 0.1) is 0 Å². The number of nitrogens with zero attached hydrogens (tertiary/aromatic N) is 3. The first-order valence-electron chi connectivity index (χ1n) is 9.81. The van der Waals surface area contributed by atoms with E-state index in [1.165, 1.54) is 0 Å². The second-order valence-corrected chi connectivity index (χ2v) is 7.54. The lowest BCUT2D eigenvalue weighted by atomic mass is 10.1. The van der Waals surface area contributed by atoms with Crippen LogP contribution in [0.5, 0.6) is 0 Å². The third-order valence-electron chi connectivity index (χ3n) is 5.08. The maximum absolute atomic E-state index is 12.4. The molecule has 0 bridgehead atoms. The van der Waals surface area contributed by atoms with Gasteiger partial charge in [0.1, 0.15) is 0 Å². The molecule has 1 aromatic heterocycles. The van der Waals surface area contributed by atoms with Crippen molar-refractivity contribution < 1.29 is 9.59 Å². The topological polar surface area (TPSA) is 53.5 Å². The third kappa shape index (κ3) is 6.06. The number of hydrogen-bond donors (Lipinski definition) is 0. The number of halogens is 1. The highest BCUT2D eigenvalue weighted by molar-refractivity contribution is 6.30. The zero-order valence-corrected chi connectivity index (χ0v) is 16.8. The van der Waals surface area contributed by atoms with E-state index in [1.54, 1.807) is 6.20 Å². The molecule has 6 heteroatoms. The molecule has 0 unspecified atom stereocenters. The summed E-state index contributed by atoms with van der Waals surface area (Å²) in [7, 11) is 0. The average Bonchev–Trinajstić information content (AvgIpc) is 2.73. The highest BCUT2D eigenvalue weighted by Gasteiger charge is 2.23. The Morgan fingerprint density at radius 1 is 0.893 bits per heavy atom. The summed E-state index contributed by atoms with van der Waals surface area (Å²) in [4.78, 5) is 32.7. The van der Waals surface area contributed by atoms with Gasteiger partial charge in [-0.2, -0.15) is 0 Å². The number of hydrogen-bond acceptors (Lipinski definition) is 3. The Hall–Kier alpha value is -2.40. The van der Waals surface area contributed by atoms with Gasteiger partial charge in [0, 0.05) is 56.4 Å². The highest BCUT2D eigenvalue weighted by Crippen LogP contribution is 2.14. The molecule has 0 radical (unpaired) electrons. The summed E-state index contributed by atoms with van der Waals surface area (Å²) in [6, 6.07) is 11.6.